The van der Waals surface area contributed by atoms with Crippen molar-refractivity contribution in [1.29, 1.82) is 0 Å². The van der Waals surface area contributed by atoms with Crippen LogP contribution < -0.4 is 24.0 Å². The summed E-state index contributed by atoms with van der Waals surface area (Å²) in [6.07, 6.45) is 2.38. The molecule has 2 aromatic carbocycles. The van der Waals surface area contributed by atoms with Crippen LogP contribution in [0.2, 0.25) is 0 Å². The molecule has 2 aromatic rings. The number of amides is 2. The van der Waals surface area contributed by atoms with E-state index in [0.717, 1.165) is 22.7 Å². The number of anilines is 3. The average Bonchev–Trinajstić information content (AvgIpc) is 3.17. The Balaban J connectivity index is 1.75. The van der Waals surface area contributed by atoms with Crippen molar-refractivity contribution in [3.8, 4) is 11.5 Å². The van der Waals surface area contributed by atoms with Gasteiger partial charge in [0.1, 0.15) is 18.0 Å². The van der Waals surface area contributed by atoms with Gasteiger partial charge in [0.25, 0.3) is 0 Å². The fourth-order valence-corrected chi connectivity index (χ4v) is 4.21. The molecule has 166 valence electrons. The maximum atomic E-state index is 12.6. The van der Waals surface area contributed by atoms with Gasteiger partial charge in [-0.15, -0.1) is 0 Å². The van der Waals surface area contributed by atoms with Gasteiger partial charge in [-0.25, -0.2) is 8.42 Å². The van der Waals surface area contributed by atoms with Crippen molar-refractivity contribution in [2.24, 2.45) is 0 Å². The van der Waals surface area contributed by atoms with Crippen molar-refractivity contribution in [2.45, 2.75) is 12.8 Å². The summed E-state index contributed by atoms with van der Waals surface area (Å²) in [6, 6.07) is 11.5. The number of carbonyl (C=O) groups is 2. The van der Waals surface area contributed by atoms with Gasteiger partial charge in [0.05, 0.1) is 26.2 Å². The van der Waals surface area contributed by atoms with Crippen LogP contribution in [0.15, 0.2) is 42.5 Å². The number of hydrogen-bond donors (Lipinski definition) is 1. The lowest BCUT2D eigenvalue weighted by molar-refractivity contribution is -0.117. The maximum Gasteiger partial charge on any atom is 0.245 e. The van der Waals surface area contributed by atoms with Gasteiger partial charge in [0.15, 0.2) is 0 Å². The molecule has 1 aliphatic rings. The van der Waals surface area contributed by atoms with Gasteiger partial charge in [0, 0.05) is 30.4 Å². The van der Waals surface area contributed by atoms with E-state index in [1.807, 2.05) is 0 Å². The van der Waals surface area contributed by atoms with Crippen molar-refractivity contribution in [3.05, 3.63) is 42.5 Å². The molecule has 10 heteroatoms. The second-order valence-electron chi connectivity index (χ2n) is 7.05. The zero-order chi connectivity index (χ0) is 22.6. The molecule has 1 N–H and O–H groups in total. The molecule has 0 aliphatic carbocycles. The van der Waals surface area contributed by atoms with Crippen LogP contribution in [-0.2, 0) is 19.6 Å². The highest BCUT2D eigenvalue weighted by molar-refractivity contribution is 7.92. The van der Waals surface area contributed by atoms with Gasteiger partial charge in [-0.1, -0.05) is 0 Å². The smallest absolute Gasteiger partial charge is 0.245 e. The van der Waals surface area contributed by atoms with Gasteiger partial charge in [-0.05, 0) is 42.8 Å². The van der Waals surface area contributed by atoms with Crippen molar-refractivity contribution >= 4 is 38.9 Å². The number of nitrogens with one attached hydrogen (secondary N) is 1. The third-order valence-electron chi connectivity index (χ3n) is 4.88. The summed E-state index contributed by atoms with van der Waals surface area (Å²) in [5.41, 5.74) is 1.49. The zero-order valence-electron chi connectivity index (χ0n) is 17.6. The fraction of sp³-hybridized carbons (Fsp3) is 0.333. The fourth-order valence-electron chi connectivity index (χ4n) is 3.35. The van der Waals surface area contributed by atoms with Crippen LogP contribution in [-0.4, -0.2) is 53.8 Å². The number of carbonyl (C=O) groups excluding carboxylic acids is 2. The summed E-state index contributed by atoms with van der Waals surface area (Å²) in [7, 11) is -0.878. The number of benzene rings is 2. The lowest BCUT2D eigenvalue weighted by Gasteiger charge is -2.24. The molecule has 1 aliphatic heterocycles. The maximum absolute atomic E-state index is 12.6. The van der Waals surface area contributed by atoms with E-state index in [2.05, 4.69) is 5.32 Å². The molecule has 0 spiro atoms. The van der Waals surface area contributed by atoms with Crippen molar-refractivity contribution < 1.29 is 27.5 Å². The normalized spacial score (nSPS) is 13.8. The first-order valence-electron chi connectivity index (χ1n) is 9.63. The molecule has 0 bridgehead atoms. The van der Waals surface area contributed by atoms with Crippen molar-refractivity contribution in [1.82, 2.24) is 0 Å². The number of rotatable bonds is 8. The van der Waals surface area contributed by atoms with Crippen LogP contribution in [0, 0.1) is 0 Å². The molecule has 0 saturated carbocycles. The van der Waals surface area contributed by atoms with Crippen LogP contribution >= 0.6 is 0 Å². The largest absolute Gasteiger partial charge is 0.497 e. The summed E-state index contributed by atoms with van der Waals surface area (Å²) in [5, 5.41) is 2.69. The molecule has 0 radical (unpaired) electrons. The predicted octanol–water partition coefficient (Wildman–Crippen LogP) is 2.24. The van der Waals surface area contributed by atoms with Crippen LogP contribution in [0.5, 0.6) is 11.5 Å². The third-order valence-corrected chi connectivity index (χ3v) is 6.01. The number of ether oxygens (including phenoxy) is 2. The molecular formula is C21H25N3O6S. The summed E-state index contributed by atoms with van der Waals surface area (Å²) in [4.78, 5) is 26.2. The van der Waals surface area contributed by atoms with Crippen LogP contribution in [0.1, 0.15) is 12.8 Å². The molecule has 31 heavy (non-hydrogen) atoms. The van der Waals surface area contributed by atoms with E-state index in [4.69, 9.17) is 9.47 Å². The summed E-state index contributed by atoms with van der Waals surface area (Å²) < 4.78 is 36.2. The second-order valence-corrected chi connectivity index (χ2v) is 8.96. The summed E-state index contributed by atoms with van der Waals surface area (Å²) in [5.74, 6) is 0.314. The Morgan fingerprint density at radius 1 is 1.13 bits per heavy atom. The first-order chi connectivity index (χ1) is 14.7. The Labute approximate surface area is 181 Å². The molecule has 9 nitrogen and oxygen atoms in total. The van der Waals surface area contributed by atoms with Crippen molar-refractivity contribution in [2.75, 3.05) is 48.1 Å². The Bertz CT molecular complexity index is 1070. The topological polar surface area (TPSA) is 105 Å². The second kappa shape index (κ2) is 9.25. The van der Waals surface area contributed by atoms with Gasteiger partial charge >= 0.3 is 0 Å². The van der Waals surface area contributed by atoms with E-state index in [9.17, 15) is 18.0 Å². The lowest BCUT2D eigenvalue weighted by atomic mass is 10.2. The van der Waals surface area contributed by atoms with Crippen molar-refractivity contribution in [3.63, 3.8) is 0 Å². The number of hydrogen-bond acceptors (Lipinski definition) is 6. The van der Waals surface area contributed by atoms with Gasteiger partial charge in [0.2, 0.25) is 21.8 Å². The molecule has 2 amide bonds. The third kappa shape index (κ3) is 5.26. The van der Waals surface area contributed by atoms with Crippen LogP contribution in [0.3, 0.4) is 0 Å². The monoisotopic (exact) mass is 447 g/mol. The highest BCUT2D eigenvalue weighted by Gasteiger charge is 2.25. The molecule has 3 rings (SSSR count). The molecule has 0 unspecified atom stereocenters. The van der Waals surface area contributed by atoms with E-state index < -0.39 is 22.5 Å². The quantitative estimate of drug-likeness (QED) is 0.665. The highest BCUT2D eigenvalue weighted by Crippen LogP contribution is 2.33. The average molecular weight is 448 g/mol. The first-order valence-corrected chi connectivity index (χ1v) is 11.5. The predicted molar refractivity (Wildman–Crippen MR) is 118 cm³/mol. The van der Waals surface area contributed by atoms with Gasteiger partial charge in [-0.2, -0.15) is 0 Å². The molecule has 0 atom stereocenters. The first kappa shape index (κ1) is 22.4. The van der Waals surface area contributed by atoms with Gasteiger partial charge in [-0.3, -0.25) is 13.9 Å². The number of methoxy groups -OCH3 is 2. The summed E-state index contributed by atoms with van der Waals surface area (Å²) in [6.45, 7) is 0.242. The van der Waals surface area contributed by atoms with E-state index in [0.29, 0.717) is 24.4 Å². The van der Waals surface area contributed by atoms with E-state index in [-0.39, 0.29) is 17.3 Å². The van der Waals surface area contributed by atoms with Gasteiger partial charge < -0.3 is 19.7 Å². The minimum Gasteiger partial charge on any atom is -0.497 e. The molecular weight excluding hydrogens is 422 g/mol. The van der Waals surface area contributed by atoms with E-state index in [1.54, 1.807) is 41.3 Å². The Kier molecular flexibility index (Phi) is 6.69. The lowest BCUT2D eigenvalue weighted by Crippen LogP contribution is -2.37. The molecule has 0 aromatic heterocycles. The molecule has 1 fully saturated rings. The SMILES string of the molecule is COc1ccc(N(CC(=O)Nc2ccc(N3CCCC3=O)cc2)S(C)(=O)=O)c(OC)c1. The Morgan fingerprint density at radius 2 is 1.84 bits per heavy atom. The minimum absolute atomic E-state index is 0.0778. The van der Waals surface area contributed by atoms with Crippen LogP contribution in [0.4, 0.5) is 17.1 Å². The number of nitrogens with zero attached hydrogens (tertiary/aromatic N) is 2. The summed E-state index contributed by atoms with van der Waals surface area (Å²) >= 11 is 0. The minimum atomic E-state index is -3.77. The zero-order valence-corrected chi connectivity index (χ0v) is 18.4. The van der Waals surface area contributed by atoms with E-state index in [1.165, 1.54) is 20.3 Å². The van der Waals surface area contributed by atoms with E-state index >= 15 is 0 Å². The molecule has 1 saturated heterocycles. The molecule has 1 heterocycles. The highest BCUT2D eigenvalue weighted by atomic mass is 32.2. The standard InChI is InChI=1S/C21H25N3O6S/c1-29-17-10-11-18(19(13-17)30-2)24(31(3,27)28)14-20(25)22-15-6-8-16(9-7-15)23-12-4-5-21(23)26/h6-11,13H,4-5,12,14H2,1-3H3,(H,22,25). The Hall–Kier alpha value is -3.27. The number of sulfonamides is 1. The Morgan fingerprint density at radius 3 is 2.39 bits per heavy atom. The van der Waals surface area contributed by atoms with Crippen LogP contribution in [0.25, 0.3) is 0 Å².